The summed E-state index contributed by atoms with van der Waals surface area (Å²) in [7, 11) is 0. The number of furan rings is 1. The fourth-order valence-electron chi connectivity index (χ4n) is 3.41. The van der Waals surface area contributed by atoms with Crippen LogP contribution in [-0.2, 0) is 24.3 Å². The summed E-state index contributed by atoms with van der Waals surface area (Å²) in [5, 5.41) is 0. The number of aromatic nitrogens is 2. The second kappa shape index (κ2) is 9.51. The Balaban J connectivity index is 2.04. The first-order valence-electron chi connectivity index (χ1n) is 10.3. The van der Waals surface area contributed by atoms with E-state index < -0.39 is 11.2 Å². The van der Waals surface area contributed by atoms with Gasteiger partial charge in [0, 0.05) is 6.54 Å². The van der Waals surface area contributed by atoms with E-state index in [0.717, 1.165) is 23.1 Å². The summed E-state index contributed by atoms with van der Waals surface area (Å²) in [6.07, 6.45) is 3.14. The predicted molar refractivity (Wildman–Crippen MR) is 120 cm³/mol. The van der Waals surface area contributed by atoms with Crippen molar-refractivity contribution in [2.75, 3.05) is 10.6 Å². The van der Waals surface area contributed by atoms with Crippen LogP contribution in [-0.4, -0.2) is 15.5 Å². The standard InChI is InChI=1S/C23H28N4O4/c1-4-5-10-26-21(24)20(22(29)25-23(26)30)27(14-18-7-6-11-31-18)19(28)13-17-9-8-15(2)16(3)12-17/h6-9,11-12H,4-5,10,13-14,24H2,1-3H3,(H,25,29,30). The average molecular weight is 425 g/mol. The molecule has 0 aliphatic heterocycles. The molecule has 0 radical (unpaired) electrons. The third-order valence-electron chi connectivity index (χ3n) is 5.34. The number of nitrogens with two attached hydrogens (primary N) is 1. The zero-order valence-electron chi connectivity index (χ0n) is 18.1. The lowest BCUT2D eigenvalue weighted by Crippen LogP contribution is -2.41. The van der Waals surface area contributed by atoms with Gasteiger partial charge in [0.1, 0.15) is 11.6 Å². The molecule has 0 spiro atoms. The van der Waals surface area contributed by atoms with Gasteiger partial charge in [0.05, 0.1) is 19.2 Å². The predicted octanol–water partition coefficient (Wildman–Crippen LogP) is 2.90. The average Bonchev–Trinajstić information content (AvgIpc) is 3.23. The van der Waals surface area contributed by atoms with Crippen molar-refractivity contribution in [3.05, 3.63) is 79.9 Å². The number of aryl methyl sites for hydroxylation is 2. The van der Waals surface area contributed by atoms with Crippen LogP contribution in [0.3, 0.4) is 0 Å². The van der Waals surface area contributed by atoms with Crippen molar-refractivity contribution in [3.63, 3.8) is 0 Å². The van der Waals surface area contributed by atoms with Gasteiger partial charge < -0.3 is 10.2 Å². The Morgan fingerprint density at radius 1 is 1.19 bits per heavy atom. The molecular formula is C23H28N4O4. The molecule has 0 unspecified atom stereocenters. The van der Waals surface area contributed by atoms with Gasteiger partial charge >= 0.3 is 5.69 Å². The highest BCUT2D eigenvalue weighted by Crippen LogP contribution is 2.22. The van der Waals surface area contributed by atoms with Crippen LogP contribution in [0.4, 0.5) is 11.5 Å². The number of nitrogens with zero attached hydrogens (tertiary/aromatic N) is 2. The Hall–Kier alpha value is -3.55. The molecule has 0 aliphatic rings. The smallest absolute Gasteiger partial charge is 0.330 e. The molecule has 3 N–H and O–H groups in total. The summed E-state index contributed by atoms with van der Waals surface area (Å²) in [5.41, 5.74) is 7.96. The Bertz CT molecular complexity index is 1180. The second-order valence-corrected chi connectivity index (χ2v) is 7.65. The molecule has 3 rings (SSSR count). The van der Waals surface area contributed by atoms with E-state index in [1.165, 1.54) is 15.7 Å². The van der Waals surface area contributed by atoms with Gasteiger partial charge in [-0.05, 0) is 49.1 Å². The van der Waals surface area contributed by atoms with Crippen molar-refractivity contribution >= 4 is 17.4 Å². The minimum atomic E-state index is -0.699. The molecule has 2 aromatic heterocycles. The number of aromatic amines is 1. The van der Waals surface area contributed by atoms with Crippen LogP contribution in [0.2, 0.25) is 0 Å². The molecule has 1 amide bonds. The van der Waals surface area contributed by atoms with E-state index in [1.54, 1.807) is 12.1 Å². The molecule has 2 heterocycles. The SMILES string of the molecule is CCCCn1c(N)c(N(Cc2ccco2)C(=O)Cc2ccc(C)c(C)c2)c(=O)[nH]c1=O. The number of carbonyl (C=O) groups excluding carboxylic acids is 1. The summed E-state index contributed by atoms with van der Waals surface area (Å²) in [6.45, 7) is 6.35. The largest absolute Gasteiger partial charge is 0.467 e. The first-order valence-corrected chi connectivity index (χ1v) is 10.3. The lowest BCUT2D eigenvalue weighted by Gasteiger charge is -2.24. The van der Waals surface area contributed by atoms with Gasteiger partial charge in [-0.15, -0.1) is 0 Å². The number of rotatable bonds is 8. The van der Waals surface area contributed by atoms with Crippen molar-refractivity contribution in [1.29, 1.82) is 0 Å². The maximum atomic E-state index is 13.3. The molecule has 0 saturated heterocycles. The van der Waals surface area contributed by atoms with Crippen LogP contribution >= 0.6 is 0 Å². The van der Waals surface area contributed by atoms with Crippen LogP contribution in [0.25, 0.3) is 0 Å². The molecule has 3 aromatic rings. The quantitative estimate of drug-likeness (QED) is 0.577. The fraction of sp³-hybridized carbons (Fsp3) is 0.348. The Labute approximate surface area is 180 Å². The number of anilines is 2. The van der Waals surface area contributed by atoms with Crippen molar-refractivity contribution in [2.24, 2.45) is 0 Å². The van der Waals surface area contributed by atoms with Crippen LogP contribution in [0.5, 0.6) is 0 Å². The second-order valence-electron chi connectivity index (χ2n) is 7.65. The lowest BCUT2D eigenvalue weighted by atomic mass is 10.0. The molecule has 8 heteroatoms. The number of carbonyl (C=O) groups is 1. The molecule has 164 valence electrons. The molecular weight excluding hydrogens is 396 g/mol. The first-order chi connectivity index (χ1) is 14.8. The molecule has 1 aromatic carbocycles. The highest BCUT2D eigenvalue weighted by Gasteiger charge is 2.25. The zero-order chi connectivity index (χ0) is 22.5. The number of nitrogens with one attached hydrogen (secondary N) is 1. The lowest BCUT2D eigenvalue weighted by molar-refractivity contribution is -0.118. The van der Waals surface area contributed by atoms with Gasteiger partial charge in [-0.3, -0.25) is 24.0 Å². The van der Waals surface area contributed by atoms with Gasteiger partial charge in [-0.2, -0.15) is 0 Å². The Kier molecular flexibility index (Phi) is 6.79. The van der Waals surface area contributed by atoms with Crippen LogP contribution < -0.4 is 21.9 Å². The van der Waals surface area contributed by atoms with Crippen molar-refractivity contribution in [2.45, 2.75) is 53.1 Å². The summed E-state index contributed by atoms with van der Waals surface area (Å²) < 4.78 is 6.71. The highest BCUT2D eigenvalue weighted by molar-refractivity contribution is 5.96. The molecule has 8 nitrogen and oxygen atoms in total. The van der Waals surface area contributed by atoms with Gasteiger partial charge in [-0.1, -0.05) is 31.5 Å². The van der Waals surface area contributed by atoms with Crippen molar-refractivity contribution in [3.8, 4) is 0 Å². The number of nitrogen functional groups attached to an aromatic ring is 1. The number of unbranched alkanes of at least 4 members (excludes halogenated alkanes) is 1. The van der Waals surface area contributed by atoms with E-state index in [9.17, 15) is 14.4 Å². The molecule has 31 heavy (non-hydrogen) atoms. The number of H-pyrrole nitrogens is 1. The van der Waals surface area contributed by atoms with E-state index in [0.29, 0.717) is 18.7 Å². The number of benzene rings is 1. The van der Waals surface area contributed by atoms with Gasteiger partial charge in [0.15, 0.2) is 5.69 Å². The molecule has 0 bridgehead atoms. The Morgan fingerprint density at radius 2 is 1.97 bits per heavy atom. The summed E-state index contributed by atoms with van der Waals surface area (Å²) in [4.78, 5) is 42.0. The van der Waals surface area contributed by atoms with E-state index in [4.69, 9.17) is 10.2 Å². The van der Waals surface area contributed by atoms with Gasteiger partial charge in [-0.25, -0.2) is 4.79 Å². The number of hydrogen-bond acceptors (Lipinski definition) is 5. The summed E-state index contributed by atoms with van der Waals surface area (Å²) in [5.74, 6) is 0.151. The normalized spacial score (nSPS) is 10.9. The topological polar surface area (TPSA) is 114 Å². The fourth-order valence-corrected chi connectivity index (χ4v) is 3.41. The Morgan fingerprint density at radius 3 is 2.61 bits per heavy atom. The zero-order valence-corrected chi connectivity index (χ0v) is 18.1. The highest BCUT2D eigenvalue weighted by atomic mass is 16.3. The molecule has 0 atom stereocenters. The van der Waals surface area contributed by atoms with Crippen molar-refractivity contribution < 1.29 is 9.21 Å². The third-order valence-corrected chi connectivity index (χ3v) is 5.34. The number of amides is 1. The molecule has 0 saturated carbocycles. The maximum absolute atomic E-state index is 13.3. The first kappa shape index (κ1) is 22.1. The summed E-state index contributed by atoms with van der Waals surface area (Å²) >= 11 is 0. The van der Waals surface area contributed by atoms with E-state index in [1.807, 2.05) is 39.0 Å². The molecule has 0 aliphatic carbocycles. The minimum absolute atomic E-state index is 0.0237. The minimum Gasteiger partial charge on any atom is -0.467 e. The van der Waals surface area contributed by atoms with Crippen LogP contribution in [0.15, 0.2) is 50.6 Å². The van der Waals surface area contributed by atoms with Gasteiger partial charge in [0.25, 0.3) is 5.56 Å². The maximum Gasteiger partial charge on any atom is 0.330 e. The van der Waals surface area contributed by atoms with E-state index in [-0.39, 0.29) is 30.4 Å². The summed E-state index contributed by atoms with van der Waals surface area (Å²) in [6, 6.07) is 9.22. The number of hydrogen-bond donors (Lipinski definition) is 2. The molecule has 0 fully saturated rings. The van der Waals surface area contributed by atoms with Crippen LogP contribution in [0.1, 0.15) is 42.2 Å². The van der Waals surface area contributed by atoms with Crippen molar-refractivity contribution in [1.82, 2.24) is 9.55 Å². The monoisotopic (exact) mass is 424 g/mol. The van der Waals surface area contributed by atoms with E-state index >= 15 is 0 Å². The third kappa shape index (κ3) is 4.96. The van der Waals surface area contributed by atoms with E-state index in [2.05, 4.69) is 4.98 Å². The van der Waals surface area contributed by atoms with Crippen LogP contribution in [0, 0.1) is 13.8 Å². The van der Waals surface area contributed by atoms with Gasteiger partial charge in [0.2, 0.25) is 5.91 Å².